The van der Waals surface area contributed by atoms with E-state index in [1.165, 1.54) is 11.3 Å². The van der Waals surface area contributed by atoms with Crippen LogP contribution < -0.4 is 5.73 Å². The molecule has 3 rings (SSSR count). The quantitative estimate of drug-likeness (QED) is 0.581. The van der Waals surface area contributed by atoms with E-state index in [1.54, 1.807) is 18.2 Å². The zero-order chi connectivity index (χ0) is 14.1. The molecule has 0 saturated heterocycles. The van der Waals surface area contributed by atoms with Gasteiger partial charge < -0.3 is 10.5 Å². The largest absolute Gasteiger partial charge is 0.456 e. The van der Waals surface area contributed by atoms with E-state index < -0.39 is 5.97 Å². The van der Waals surface area contributed by atoms with Crippen molar-refractivity contribution in [2.75, 3.05) is 5.73 Å². The first-order valence-electron chi connectivity index (χ1n) is 5.77. The SMILES string of the molecule is Nc1cc(C(=O)OCc2cn3ccsc3n2)ccc1Br. The standard InChI is InChI=1S/C13H10BrN3O2S/c14-10-2-1-8(5-11(10)15)12(18)19-7-9-6-17-3-4-20-13(17)16-9/h1-6H,7,15H2. The van der Waals surface area contributed by atoms with Crippen LogP contribution in [0.15, 0.2) is 40.4 Å². The van der Waals surface area contributed by atoms with Gasteiger partial charge in [0.1, 0.15) is 6.61 Å². The summed E-state index contributed by atoms with van der Waals surface area (Å²) in [5, 5.41) is 1.95. The fraction of sp³-hybridized carbons (Fsp3) is 0.0769. The lowest BCUT2D eigenvalue weighted by Crippen LogP contribution is -2.06. The smallest absolute Gasteiger partial charge is 0.338 e. The summed E-state index contributed by atoms with van der Waals surface area (Å²) in [4.78, 5) is 17.1. The lowest BCUT2D eigenvalue weighted by atomic mass is 10.2. The Morgan fingerprint density at radius 1 is 1.50 bits per heavy atom. The zero-order valence-corrected chi connectivity index (χ0v) is 12.6. The number of esters is 1. The Bertz CT molecular complexity index is 752. The molecular weight excluding hydrogens is 342 g/mol. The van der Waals surface area contributed by atoms with Crippen molar-refractivity contribution in [2.24, 2.45) is 0 Å². The number of aromatic nitrogens is 2. The van der Waals surface area contributed by atoms with Gasteiger partial charge in [0.2, 0.25) is 0 Å². The number of hydrogen-bond donors (Lipinski definition) is 1. The van der Waals surface area contributed by atoms with Gasteiger partial charge in [-0.2, -0.15) is 0 Å². The van der Waals surface area contributed by atoms with Gasteiger partial charge in [0.25, 0.3) is 0 Å². The highest BCUT2D eigenvalue weighted by Crippen LogP contribution is 2.21. The van der Waals surface area contributed by atoms with Gasteiger partial charge in [-0.15, -0.1) is 11.3 Å². The van der Waals surface area contributed by atoms with Crippen LogP contribution in [0.2, 0.25) is 0 Å². The number of ether oxygens (including phenoxy) is 1. The second kappa shape index (κ2) is 5.26. The molecule has 0 spiro atoms. The van der Waals surface area contributed by atoms with E-state index in [1.807, 2.05) is 22.2 Å². The van der Waals surface area contributed by atoms with Crippen molar-refractivity contribution in [2.45, 2.75) is 6.61 Å². The molecule has 7 heteroatoms. The molecule has 1 aromatic carbocycles. The van der Waals surface area contributed by atoms with Crippen molar-refractivity contribution in [3.05, 3.63) is 51.7 Å². The fourth-order valence-corrected chi connectivity index (χ4v) is 2.70. The highest BCUT2D eigenvalue weighted by atomic mass is 79.9. The molecular formula is C13H10BrN3O2S. The minimum Gasteiger partial charge on any atom is -0.456 e. The number of nitrogen functional groups attached to an aromatic ring is 1. The third kappa shape index (κ3) is 2.54. The van der Waals surface area contributed by atoms with Crippen LogP contribution in [0, 0.1) is 0 Å². The summed E-state index contributed by atoms with van der Waals surface area (Å²) in [6, 6.07) is 4.96. The number of imidazole rings is 1. The Morgan fingerprint density at radius 3 is 3.10 bits per heavy atom. The molecule has 0 saturated carbocycles. The Labute approximate surface area is 127 Å². The van der Waals surface area contributed by atoms with Crippen LogP contribution in [0.4, 0.5) is 5.69 Å². The molecule has 20 heavy (non-hydrogen) atoms. The van der Waals surface area contributed by atoms with Crippen molar-refractivity contribution in [3.63, 3.8) is 0 Å². The highest BCUT2D eigenvalue weighted by molar-refractivity contribution is 9.10. The second-order valence-electron chi connectivity index (χ2n) is 4.14. The van der Waals surface area contributed by atoms with E-state index in [2.05, 4.69) is 20.9 Å². The Hall–Kier alpha value is -1.86. The predicted octanol–water partition coefficient (Wildman–Crippen LogP) is 3.10. The van der Waals surface area contributed by atoms with Gasteiger partial charge in [0.05, 0.1) is 11.3 Å². The van der Waals surface area contributed by atoms with Crippen molar-refractivity contribution < 1.29 is 9.53 Å². The number of hydrogen-bond acceptors (Lipinski definition) is 5. The molecule has 0 aliphatic rings. The maximum absolute atomic E-state index is 11.9. The second-order valence-corrected chi connectivity index (χ2v) is 5.86. The van der Waals surface area contributed by atoms with Crippen LogP contribution in [0.25, 0.3) is 4.96 Å². The summed E-state index contributed by atoms with van der Waals surface area (Å²) in [5.74, 6) is -0.416. The molecule has 2 N–H and O–H groups in total. The minimum atomic E-state index is -0.416. The van der Waals surface area contributed by atoms with Crippen molar-refractivity contribution in [1.82, 2.24) is 9.38 Å². The van der Waals surface area contributed by atoms with Crippen molar-refractivity contribution in [3.8, 4) is 0 Å². The van der Waals surface area contributed by atoms with Crippen LogP contribution in [-0.4, -0.2) is 15.4 Å². The zero-order valence-electron chi connectivity index (χ0n) is 10.2. The van der Waals surface area contributed by atoms with Gasteiger partial charge in [-0.05, 0) is 34.1 Å². The number of benzene rings is 1. The third-order valence-corrected chi connectivity index (χ3v) is 4.22. The van der Waals surface area contributed by atoms with E-state index in [0.29, 0.717) is 11.3 Å². The normalized spacial score (nSPS) is 10.8. The molecule has 2 aromatic heterocycles. The number of halogens is 1. The number of fused-ring (bicyclic) bond motifs is 1. The predicted molar refractivity (Wildman–Crippen MR) is 80.7 cm³/mol. The summed E-state index contributed by atoms with van der Waals surface area (Å²) in [6.07, 6.45) is 3.75. The number of nitrogens with two attached hydrogens (primary N) is 1. The van der Waals surface area contributed by atoms with Crippen LogP contribution in [0.1, 0.15) is 16.1 Å². The van der Waals surface area contributed by atoms with Gasteiger partial charge in [0, 0.05) is 27.9 Å². The number of thiazole rings is 1. The number of anilines is 1. The van der Waals surface area contributed by atoms with E-state index in [0.717, 1.165) is 15.1 Å². The minimum absolute atomic E-state index is 0.142. The molecule has 0 unspecified atom stereocenters. The Balaban J connectivity index is 1.69. The van der Waals surface area contributed by atoms with Crippen LogP contribution in [-0.2, 0) is 11.3 Å². The summed E-state index contributed by atoms with van der Waals surface area (Å²) in [5.41, 5.74) is 7.38. The topological polar surface area (TPSA) is 69.6 Å². The van der Waals surface area contributed by atoms with E-state index in [-0.39, 0.29) is 6.61 Å². The summed E-state index contributed by atoms with van der Waals surface area (Å²) in [7, 11) is 0. The van der Waals surface area contributed by atoms with Gasteiger partial charge in [0.15, 0.2) is 4.96 Å². The van der Waals surface area contributed by atoms with E-state index in [4.69, 9.17) is 10.5 Å². The lowest BCUT2D eigenvalue weighted by Gasteiger charge is -2.04. The van der Waals surface area contributed by atoms with E-state index in [9.17, 15) is 4.79 Å². The van der Waals surface area contributed by atoms with Gasteiger partial charge >= 0.3 is 5.97 Å². The molecule has 5 nitrogen and oxygen atoms in total. The van der Waals surface area contributed by atoms with Gasteiger partial charge in [-0.3, -0.25) is 4.40 Å². The highest BCUT2D eigenvalue weighted by Gasteiger charge is 2.10. The van der Waals surface area contributed by atoms with Crippen LogP contribution in [0.3, 0.4) is 0 Å². The Kier molecular flexibility index (Phi) is 3.45. The molecule has 0 amide bonds. The van der Waals surface area contributed by atoms with Gasteiger partial charge in [-0.25, -0.2) is 9.78 Å². The third-order valence-electron chi connectivity index (χ3n) is 2.73. The maximum Gasteiger partial charge on any atom is 0.338 e. The molecule has 102 valence electrons. The van der Waals surface area contributed by atoms with Crippen molar-refractivity contribution in [1.29, 1.82) is 0 Å². The summed E-state index contributed by atoms with van der Waals surface area (Å²) < 4.78 is 7.87. The molecule has 0 radical (unpaired) electrons. The average molecular weight is 352 g/mol. The maximum atomic E-state index is 11.9. The average Bonchev–Trinajstić information content (AvgIpc) is 3.00. The molecule has 0 aliphatic carbocycles. The van der Waals surface area contributed by atoms with Crippen LogP contribution in [0.5, 0.6) is 0 Å². The molecule has 2 heterocycles. The van der Waals surface area contributed by atoms with Crippen molar-refractivity contribution >= 4 is 43.9 Å². The molecule has 3 aromatic rings. The molecule has 0 fully saturated rings. The fourth-order valence-electron chi connectivity index (χ4n) is 1.74. The number of nitrogens with zero attached hydrogens (tertiary/aromatic N) is 2. The molecule has 0 bridgehead atoms. The molecule has 0 atom stereocenters. The summed E-state index contributed by atoms with van der Waals surface area (Å²) >= 11 is 4.81. The van der Waals surface area contributed by atoms with Gasteiger partial charge in [-0.1, -0.05) is 0 Å². The number of rotatable bonds is 3. The first kappa shape index (κ1) is 13.1. The Morgan fingerprint density at radius 2 is 2.35 bits per heavy atom. The number of carbonyl (C=O) groups is 1. The first-order chi connectivity index (χ1) is 9.63. The monoisotopic (exact) mass is 351 g/mol. The van der Waals surface area contributed by atoms with E-state index >= 15 is 0 Å². The lowest BCUT2D eigenvalue weighted by molar-refractivity contribution is 0.0468. The molecule has 0 aliphatic heterocycles. The number of carbonyl (C=O) groups excluding carboxylic acids is 1. The first-order valence-corrected chi connectivity index (χ1v) is 7.44. The van der Waals surface area contributed by atoms with Crippen LogP contribution >= 0.6 is 27.3 Å². The summed E-state index contributed by atoms with van der Waals surface area (Å²) in [6.45, 7) is 0.142.